The topological polar surface area (TPSA) is 98.5 Å². The average Bonchev–Trinajstić information content (AvgIpc) is 2.96. The number of fused-ring (bicyclic) bond motifs is 1. The predicted molar refractivity (Wildman–Crippen MR) is 75.2 cm³/mol. The first kappa shape index (κ1) is 12.7. The van der Waals surface area contributed by atoms with Crippen LogP contribution in [0.2, 0.25) is 0 Å². The lowest BCUT2D eigenvalue weighted by atomic mass is 10.2. The van der Waals surface area contributed by atoms with Crippen LogP contribution in [0.4, 0.5) is 5.82 Å². The normalized spacial score (nSPS) is 10.3. The molecule has 0 radical (unpaired) electrons. The molecule has 1 aromatic carbocycles. The highest BCUT2D eigenvalue weighted by Gasteiger charge is 2.12. The van der Waals surface area contributed by atoms with E-state index in [1.54, 1.807) is 41.2 Å². The molecule has 0 aliphatic rings. The van der Waals surface area contributed by atoms with Gasteiger partial charge in [-0.1, -0.05) is 0 Å². The van der Waals surface area contributed by atoms with Gasteiger partial charge in [0, 0.05) is 18.5 Å². The van der Waals surface area contributed by atoms with Gasteiger partial charge < -0.3 is 15.2 Å². The minimum atomic E-state index is 0.267. The van der Waals surface area contributed by atoms with E-state index in [2.05, 4.69) is 9.97 Å². The van der Waals surface area contributed by atoms with Crippen LogP contribution in [0.1, 0.15) is 5.56 Å². The van der Waals surface area contributed by atoms with E-state index in [9.17, 15) is 0 Å². The molecule has 0 spiro atoms. The van der Waals surface area contributed by atoms with E-state index >= 15 is 0 Å². The maximum Gasteiger partial charge on any atom is 0.265 e. The lowest BCUT2D eigenvalue weighted by Crippen LogP contribution is -2.00. The van der Waals surface area contributed by atoms with Gasteiger partial charge in [0.25, 0.3) is 5.88 Å². The molecule has 0 unspecified atom stereocenters. The number of imidazole rings is 1. The van der Waals surface area contributed by atoms with Gasteiger partial charge in [0.2, 0.25) is 5.65 Å². The summed E-state index contributed by atoms with van der Waals surface area (Å²) in [6.45, 7) is 0. The minimum Gasteiger partial charge on any atom is -0.493 e. The van der Waals surface area contributed by atoms with Gasteiger partial charge in [0.1, 0.15) is 5.82 Å². The zero-order chi connectivity index (χ0) is 14.8. The molecule has 0 atom stereocenters. The number of methoxy groups -OCH3 is 1. The molecule has 7 nitrogen and oxygen atoms in total. The zero-order valence-corrected chi connectivity index (χ0v) is 11.1. The van der Waals surface area contributed by atoms with Crippen molar-refractivity contribution in [3.8, 4) is 23.4 Å². The number of nitriles is 1. The molecule has 3 rings (SSSR count). The van der Waals surface area contributed by atoms with Gasteiger partial charge in [-0.3, -0.25) is 4.40 Å². The molecule has 0 amide bonds. The Morgan fingerprint density at radius 1 is 1.33 bits per heavy atom. The lowest BCUT2D eigenvalue weighted by Gasteiger charge is -2.10. The van der Waals surface area contributed by atoms with Crippen LogP contribution in [0, 0.1) is 11.3 Å². The van der Waals surface area contributed by atoms with Crippen molar-refractivity contribution in [2.75, 3.05) is 12.8 Å². The number of hydrogen-bond acceptors (Lipinski definition) is 6. The predicted octanol–water partition coefficient (Wildman–Crippen LogP) is 1.98. The van der Waals surface area contributed by atoms with Crippen LogP contribution in [0.15, 0.2) is 36.8 Å². The summed E-state index contributed by atoms with van der Waals surface area (Å²) >= 11 is 0. The maximum atomic E-state index is 8.90. The number of nitrogens with two attached hydrogens (primary N) is 1. The number of anilines is 1. The van der Waals surface area contributed by atoms with Crippen LogP contribution >= 0.6 is 0 Å². The second-order valence-corrected chi connectivity index (χ2v) is 4.21. The van der Waals surface area contributed by atoms with E-state index in [0.717, 1.165) is 0 Å². The Morgan fingerprint density at radius 2 is 2.19 bits per heavy atom. The van der Waals surface area contributed by atoms with Crippen LogP contribution in [-0.4, -0.2) is 21.5 Å². The van der Waals surface area contributed by atoms with Crippen LogP contribution in [-0.2, 0) is 0 Å². The number of aromatic nitrogens is 3. The van der Waals surface area contributed by atoms with E-state index < -0.39 is 0 Å². The third kappa shape index (κ3) is 2.30. The highest BCUT2D eigenvalue weighted by atomic mass is 16.5. The van der Waals surface area contributed by atoms with Gasteiger partial charge in [-0.25, -0.2) is 4.98 Å². The Balaban J connectivity index is 2.06. The standard InChI is InChI=1S/C14H11N5O2/c1-20-11-6-9(7-15)2-3-10(11)21-14-13-17-4-5-19(13)8-12(16)18-14/h2-6,8H,16H2,1H3. The van der Waals surface area contributed by atoms with Crippen molar-refractivity contribution < 1.29 is 9.47 Å². The first-order valence-corrected chi connectivity index (χ1v) is 6.06. The van der Waals surface area contributed by atoms with E-state index in [0.29, 0.717) is 28.5 Å². The number of nitrogen functional groups attached to an aromatic ring is 1. The van der Waals surface area contributed by atoms with Crippen molar-refractivity contribution in [2.24, 2.45) is 0 Å². The van der Waals surface area contributed by atoms with E-state index in [-0.39, 0.29) is 5.88 Å². The summed E-state index contributed by atoms with van der Waals surface area (Å²) in [6.07, 6.45) is 5.01. The van der Waals surface area contributed by atoms with Gasteiger partial charge in [0.15, 0.2) is 11.5 Å². The summed E-state index contributed by atoms with van der Waals surface area (Å²) in [6, 6.07) is 6.90. The van der Waals surface area contributed by atoms with Crippen molar-refractivity contribution in [2.45, 2.75) is 0 Å². The minimum absolute atomic E-state index is 0.267. The Hall–Kier alpha value is -3.27. The summed E-state index contributed by atoms with van der Waals surface area (Å²) in [5.74, 6) is 1.44. The van der Waals surface area contributed by atoms with Gasteiger partial charge in [-0.2, -0.15) is 10.2 Å². The molecule has 0 fully saturated rings. The first-order valence-electron chi connectivity index (χ1n) is 6.06. The molecule has 0 saturated heterocycles. The van der Waals surface area contributed by atoms with E-state index in [4.69, 9.17) is 20.5 Å². The molecule has 0 bridgehead atoms. The summed E-state index contributed by atoms with van der Waals surface area (Å²) < 4.78 is 12.7. The van der Waals surface area contributed by atoms with Crippen molar-refractivity contribution in [1.29, 1.82) is 5.26 Å². The largest absolute Gasteiger partial charge is 0.493 e. The first-order chi connectivity index (χ1) is 10.2. The molecule has 3 aromatic rings. The van der Waals surface area contributed by atoms with Crippen LogP contribution in [0.5, 0.6) is 17.4 Å². The van der Waals surface area contributed by atoms with Gasteiger partial charge in [0.05, 0.1) is 24.9 Å². The summed E-state index contributed by atoms with van der Waals surface area (Å²) in [7, 11) is 1.50. The van der Waals surface area contributed by atoms with Gasteiger partial charge in [-0.05, 0) is 12.1 Å². The molecule has 2 aromatic heterocycles. The summed E-state index contributed by atoms with van der Waals surface area (Å²) in [4.78, 5) is 8.31. The Labute approximate surface area is 120 Å². The second kappa shape index (κ2) is 5.02. The smallest absolute Gasteiger partial charge is 0.265 e. The quantitative estimate of drug-likeness (QED) is 0.788. The number of hydrogen-bond donors (Lipinski definition) is 1. The number of rotatable bonds is 3. The highest BCUT2D eigenvalue weighted by Crippen LogP contribution is 2.33. The van der Waals surface area contributed by atoms with Crippen molar-refractivity contribution >= 4 is 11.5 Å². The molecule has 0 saturated carbocycles. The van der Waals surface area contributed by atoms with Crippen molar-refractivity contribution in [3.05, 3.63) is 42.4 Å². The second-order valence-electron chi connectivity index (χ2n) is 4.21. The zero-order valence-electron chi connectivity index (χ0n) is 11.1. The SMILES string of the molecule is COc1cc(C#N)ccc1Oc1nc(N)cn2ccnc12. The van der Waals surface area contributed by atoms with E-state index in [1.807, 2.05) is 6.07 Å². The Morgan fingerprint density at radius 3 is 2.95 bits per heavy atom. The van der Waals surface area contributed by atoms with Gasteiger partial charge in [-0.15, -0.1) is 0 Å². The summed E-state index contributed by atoms with van der Waals surface area (Å²) in [5, 5.41) is 8.90. The molecule has 7 heteroatoms. The van der Waals surface area contributed by atoms with Crippen LogP contribution in [0.3, 0.4) is 0 Å². The molecular formula is C14H11N5O2. The van der Waals surface area contributed by atoms with Crippen LogP contribution < -0.4 is 15.2 Å². The fourth-order valence-electron chi connectivity index (χ4n) is 1.92. The molecule has 21 heavy (non-hydrogen) atoms. The van der Waals surface area contributed by atoms with E-state index in [1.165, 1.54) is 7.11 Å². The third-order valence-corrected chi connectivity index (χ3v) is 2.86. The summed E-state index contributed by atoms with van der Waals surface area (Å²) in [5.41, 5.74) is 6.75. The molecular weight excluding hydrogens is 270 g/mol. The number of nitrogens with zero attached hydrogens (tertiary/aromatic N) is 4. The van der Waals surface area contributed by atoms with Crippen LogP contribution in [0.25, 0.3) is 5.65 Å². The van der Waals surface area contributed by atoms with Gasteiger partial charge >= 0.3 is 0 Å². The fraction of sp³-hybridized carbons (Fsp3) is 0.0714. The average molecular weight is 281 g/mol. The molecule has 2 N–H and O–H groups in total. The highest BCUT2D eigenvalue weighted by molar-refractivity contribution is 5.56. The number of benzene rings is 1. The molecule has 0 aliphatic carbocycles. The maximum absolute atomic E-state index is 8.90. The number of ether oxygens (including phenoxy) is 2. The molecule has 0 aliphatic heterocycles. The molecule has 104 valence electrons. The van der Waals surface area contributed by atoms with Crippen molar-refractivity contribution in [1.82, 2.24) is 14.4 Å². The lowest BCUT2D eigenvalue weighted by molar-refractivity contribution is 0.375. The monoisotopic (exact) mass is 281 g/mol. The Bertz CT molecular complexity index is 850. The fourth-order valence-corrected chi connectivity index (χ4v) is 1.92. The third-order valence-electron chi connectivity index (χ3n) is 2.86. The van der Waals surface area contributed by atoms with Crippen molar-refractivity contribution in [3.63, 3.8) is 0 Å². The molecule has 2 heterocycles. The Kier molecular flexibility index (Phi) is 3.04.